The number of rotatable bonds is 7. The minimum atomic E-state index is -3.32. The van der Waals surface area contributed by atoms with E-state index in [9.17, 15) is 12.8 Å². The van der Waals surface area contributed by atoms with E-state index in [1.54, 1.807) is 25.2 Å². The van der Waals surface area contributed by atoms with Gasteiger partial charge in [0.15, 0.2) is 5.96 Å². The Morgan fingerprint density at radius 3 is 2.46 bits per heavy atom. The Bertz CT molecular complexity index is 738. The quantitative estimate of drug-likeness (QED) is 0.333. The van der Waals surface area contributed by atoms with E-state index in [0.29, 0.717) is 44.2 Å². The van der Waals surface area contributed by atoms with Crippen LogP contribution in [-0.2, 0) is 21.3 Å². The summed E-state index contributed by atoms with van der Waals surface area (Å²) in [6.45, 7) is 6.13. The smallest absolute Gasteiger partial charge is 0.216 e. The molecule has 7 nitrogen and oxygen atoms in total. The molecule has 1 N–H and O–H groups in total. The van der Waals surface area contributed by atoms with Gasteiger partial charge < -0.3 is 15.0 Å². The molecular formula is C18H30FIN4O3S. The van der Waals surface area contributed by atoms with E-state index in [-0.39, 0.29) is 48.3 Å². The van der Waals surface area contributed by atoms with Crippen LogP contribution >= 0.6 is 24.0 Å². The van der Waals surface area contributed by atoms with Gasteiger partial charge in [-0.25, -0.2) is 12.8 Å². The zero-order chi connectivity index (χ0) is 19.9. The third-order valence-corrected chi connectivity index (χ3v) is 6.17. The predicted molar refractivity (Wildman–Crippen MR) is 120 cm³/mol. The van der Waals surface area contributed by atoms with Crippen LogP contribution in [0.5, 0.6) is 0 Å². The monoisotopic (exact) mass is 528 g/mol. The van der Waals surface area contributed by atoms with Crippen molar-refractivity contribution in [3.63, 3.8) is 0 Å². The van der Waals surface area contributed by atoms with Crippen molar-refractivity contribution in [2.24, 2.45) is 4.99 Å². The lowest BCUT2D eigenvalue weighted by Crippen LogP contribution is -2.54. The van der Waals surface area contributed by atoms with Crippen LogP contribution in [0.2, 0.25) is 0 Å². The standard InChI is InChI=1S/C18H29FN4O3S.HI/c1-15(2)26-12-13-27(24,25)23-10-8-22(9-11-23)18(20-3)21-14-16-6-4-5-7-17(16)19;/h4-7,15H,8-14H2,1-3H3,(H,20,21);1H. The highest BCUT2D eigenvalue weighted by Crippen LogP contribution is 2.10. The number of hydrogen-bond donors (Lipinski definition) is 1. The molecule has 2 rings (SSSR count). The molecule has 0 saturated carbocycles. The molecule has 1 fully saturated rings. The first-order valence-corrected chi connectivity index (χ1v) is 10.7. The summed E-state index contributed by atoms with van der Waals surface area (Å²) in [5.74, 6) is 0.365. The minimum absolute atomic E-state index is 0. The molecule has 1 aromatic rings. The lowest BCUT2D eigenvalue weighted by atomic mass is 10.2. The normalized spacial score (nSPS) is 16.2. The fourth-order valence-electron chi connectivity index (χ4n) is 2.84. The summed E-state index contributed by atoms with van der Waals surface area (Å²) in [4.78, 5) is 6.22. The molecule has 0 bridgehead atoms. The molecule has 0 aliphatic carbocycles. The van der Waals surface area contributed by atoms with E-state index in [2.05, 4.69) is 10.3 Å². The van der Waals surface area contributed by atoms with Crippen molar-refractivity contribution >= 4 is 40.0 Å². The fraction of sp³-hybridized carbons (Fsp3) is 0.611. The van der Waals surface area contributed by atoms with Gasteiger partial charge in [0.25, 0.3) is 0 Å². The lowest BCUT2D eigenvalue weighted by Gasteiger charge is -2.35. The van der Waals surface area contributed by atoms with Crippen molar-refractivity contribution in [1.29, 1.82) is 0 Å². The number of hydrogen-bond acceptors (Lipinski definition) is 4. The molecule has 1 heterocycles. The Labute approximate surface area is 184 Å². The number of guanidine groups is 1. The molecule has 0 aromatic heterocycles. The van der Waals surface area contributed by atoms with Crippen LogP contribution in [0.4, 0.5) is 4.39 Å². The second-order valence-corrected chi connectivity index (χ2v) is 8.70. The first-order chi connectivity index (χ1) is 12.8. The third kappa shape index (κ3) is 7.45. The number of piperazine rings is 1. The topological polar surface area (TPSA) is 74.2 Å². The number of sulfonamides is 1. The van der Waals surface area contributed by atoms with E-state index in [4.69, 9.17) is 4.74 Å². The Kier molecular flexibility index (Phi) is 10.6. The summed E-state index contributed by atoms with van der Waals surface area (Å²) in [6.07, 6.45) is 0.0147. The maximum atomic E-state index is 13.7. The third-order valence-electron chi connectivity index (χ3n) is 4.33. The number of nitrogens with one attached hydrogen (secondary N) is 1. The van der Waals surface area contributed by atoms with E-state index >= 15 is 0 Å². The minimum Gasteiger partial charge on any atom is -0.378 e. The summed E-state index contributed by atoms with van der Waals surface area (Å²) in [6, 6.07) is 6.58. The fourth-order valence-corrected chi connectivity index (χ4v) is 4.13. The largest absolute Gasteiger partial charge is 0.378 e. The van der Waals surface area contributed by atoms with Crippen molar-refractivity contribution < 1.29 is 17.5 Å². The predicted octanol–water partition coefficient (Wildman–Crippen LogP) is 1.89. The summed E-state index contributed by atoms with van der Waals surface area (Å²) >= 11 is 0. The van der Waals surface area contributed by atoms with Gasteiger partial charge in [0.05, 0.1) is 18.5 Å². The van der Waals surface area contributed by atoms with Gasteiger partial charge in [0.2, 0.25) is 10.0 Å². The Morgan fingerprint density at radius 1 is 1.25 bits per heavy atom. The van der Waals surface area contributed by atoms with E-state index in [1.807, 2.05) is 18.7 Å². The van der Waals surface area contributed by atoms with Crippen molar-refractivity contribution in [2.75, 3.05) is 45.6 Å². The van der Waals surface area contributed by atoms with Gasteiger partial charge in [-0.05, 0) is 19.9 Å². The number of ether oxygens (including phenoxy) is 1. The molecule has 0 atom stereocenters. The maximum absolute atomic E-state index is 13.7. The molecule has 1 aliphatic heterocycles. The van der Waals surface area contributed by atoms with Crippen LogP contribution in [0.25, 0.3) is 0 Å². The Hall–Kier alpha value is -0.980. The van der Waals surface area contributed by atoms with E-state index in [1.165, 1.54) is 10.4 Å². The van der Waals surface area contributed by atoms with Crippen LogP contribution in [0.1, 0.15) is 19.4 Å². The highest BCUT2D eigenvalue weighted by Gasteiger charge is 2.28. The average Bonchev–Trinajstić information content (AvgIpc) is 2.63. The molecule has 160 valence electrons. The summed E-state index contributed by atoms with van der Waals surface area (Å²) in [5.41, 5.74) is 0.560. The molecule has 1 saturated heterocycles. The highest BCUT2D eigenvalue weighted by molar-refractivity contribution is 14.0. The molecule has 1 aliphatic rings. The average molecular weight is 528 g/mol. The van der Waals surface area contributed by atoms with Crippen molar-refractivity contribution in [3.8, 4) is 0 Å². The molecule has 0 spiro atoms. The maximum Gasteiger partial charge on any atom is 0.216 e. The van der Waals surface area contributed by atoms with E-state index < -0.39 is 10.0 Å². The van der Waals surface area contributed by atoms with Gasteiger partial charge >= 0.3 is 0 Å². The molecule has 10 heteroatoms. The molecular weight excluding hydrogens is 498 g/mol. The first-order valence-electron chi connectivity index (χ1n) is 9.12. The zero-order valence-corrected chi connectivity index (χ0v) is 19.7. The van der Waals surface area contributed by atoms with Crippen LogP contribution < -0.4 is 5.32 Å². The van der Waals surface area contributed by atoms with Crippen molar-refractivity contribution in [1.82, 2.24) is 14.5 Å². The molecule has 0 unspecified atom stereocenters. The summed E-state index contributed by atoms with van der Waals surface area (Å²) in [7, 11) is -1.66. The zero-order valence-electron chi connectivity index (χ0n) is 16.6. The van der Waals surface area contributed by atoms with Crippen LogP contribution in [0.15, 0.2) is 29.3 Å². The molecule has 28 heavy (non-hydrogen) atoms. The summed E-state index contributed by atoms with van der Waals surface area (Å²) < 4.78 is 45.4. The van der Waals surface area contributed by atoms with Crippen LogP contribution in [0.3, 0.4) is 0 Å². The van der Waals surface area contributed by atoms with Gasteiger partial charge in [0.1, 0.15) is 5.82 Å². The molecule has 0 radical (unpaired) electrons. The Morgan fingerprint density at radius 2 is 1.89 bits per heavy atom. The SMILES string of the molecule is CN=C(NCc1ccccc1F)N1CCN(S(=O)(=O)CCOC(C)C)CC1.I. The van der Waals surface area contributed by atoms with Gasteiger partial charge in [-0.3, -0.25) is 4.99 Å². The number of aliphatic imine (C=N–C) groups is 1. The van der Waals surface area contributed by atoms with Gasteiger partial charge in [-0.2, -0.15) is 4.31 Å². The van der Waals surface area contributed by atoms with Crippen molar-refractivity contribution in [3.05, 3.63) is 35.6 Å². The number of benzene rings is 1. The van der Waals surface area contributed by atoms with E-state index in [0.717, 1.165) is 0 Å². The van der Waals surface area contributed by atoms with Crippen molar-refractivity contribution in [2.45, 2.75) is 26.5 Å². The number of halogens is 2. The van der Waals surface area contributed by atoms with Crippen LogP contribution in [0, 0.1) is 5.82 Å². The lowest BCUT2D eigenvalue weighted by molar-refractivity contribution is 0.0904. The number of nitrogens with zero attached hydrogens (tertiary/aromatic N) is 3. The first kappa shape index (κ1) is 25.1. The molecule has 0 amide bonds. The van der Waals surface area contributed by atoms with Crippen LogP contribution in [-0.4, -0.2) is 75.3 Å². The second-order valence-electron chi connectivity index (χ2n) is 6.61. The molecule has 1 aromatic carbocycles. The van der Waals surface area contributed by atoms with Gasteiger partial charge in [-0.1, -0.05) is 18.2 Å². The Balaban J connectivity index is 0.00000392. The highest BCUT2D eigenvalue weighted by atomic mass is 127. The second kappa shape index (κ2) is 11.9. The summed E-state index contributed by atoms with van der Waals surface area (Å²) in [5, 5.41) is 3.14. The van der Waals surface area contributed by atoms with Gasteiger partial charge in [-0.15, -0.1) is 24.0 Å². The van der Waals surface area contributed by atoms with Gasteiger partial charge in [0, 0.05) is 45.3 Å².